The molecule has 0 radical (unpaired) electrons. The van der Waals surface area contributed by atoms with E-state index in [-0.39, 0.29) is 29.1 Å². The molecule has 6 rings (SSSR count). The van der Waals surface area contributed by atoms with Crippen LogP contribution in [-0.4, -0.2) is 37.6 Å². The Morgan fingerprint density at radius 2 is 1.82 bits per heavy atom. The van der Waals surface area contributed by atoms with Crippen LogP contribution in [0.4, 0.5) is 22.0 Å². The summed E-state index contributed by atoms with van der Waals surface area (Å²) in [6, 6.07) is 8.16. The lowest BCUT2D eigenvalue weighted by Crippen LogP contribution is -2.32. The van der Waals surface area contributed by atoms with Crippen LogP contribution in [0.3, 0.4) is 0 Å². The molecule has 2 aromatic heterocycles. The summed E-state index contributed by atoms with van der Waals surface area (Å²) in [4.78, 5) is 13.2. The van der Waals surface area contributed by atoms with E-state index in [1.165, 1.54) is 18.2 Å². The molecule has 39 heavy (non-hydrogen) atoms. The maximum atomic E-state index is 13.3. The quantitative estimate of drug-likeness (QED) is 0.319. The summed E-state index contributed by atoms with van der Waals surface area (Å²) in [5.41, 5.74) is 1.63. The van der Waals surface area contributed by atoms with Gasteiger partial charge in [0, 0.05) is 29.1 Å². The molecule has 4 aromatic rings. The van der Waals surface area contributed by atoms with Crippen LogP contribution in [0.2, 0.25) is 0 Å². The van der Waals surface area contributed by atoms with Gasteiger partial charge in [-0.2, -0.15) is 8.78 Å². The largest absolute Gasteiger partial charge is 0.524 e. The third kappa shape index (κ3) is 4.60. The van der Waals surface area contributed by atoms with Crippen LogP contribution in [0.1, 0.15) is 61.4 Å². The van der Waals surface area contributed by atoms with Gasteiger partial charge in [0.25, 0.3) is 0 Å². The molecule has 2 bridgehead atoms. The zero-order valence-corrected chi connectivity index (χ0v) is 20.6. The van der Waals surface area contributed by atoms with E-state index in [9.17, 15) is 27.1 Å². The second kappa shape index (κ2) is 8.93. The van der Waals surface area contributed by atoms with Gasteiger partial charge in [-0.15, -0.1) is 13.2 Å². The summed E-state index contributed by atoms with van der Waals surface area (Å²) in [6.45, 7) is -0.0249. The molecule has 0 aliphatic carbocycles. The average molecular weight is 547 g/mol. The Morgan fingerprint density at radius 1 is 1.08 bits per heavy atom. The lowest BCUT2D eigenvalue weighted by Gasteiger charge is -2.27. The molecule has 8 nitrogen and oxygen atoms in total. The number of hydrogen-bond acceptors (Lipinski definition) is 7. The van der Waals surface area contributed by atoms with Crippen molar-refractivity contribution in [3.8, 4) is 16.9 Å². The monoisotopic (exact) mass is 547 g/mol. The van der Waals surface area contributed by atoms with Crippen LogP contribution in [0, 0.1) is 0 Å². The molecule has 2 N–H and O–H groups in total. The maximum absolute atomic E-state index is 13.3. The van der Waals surface area contributed by atoms with Crippen LogP contribution in [0.5, 0.6) is 5.75 Å². The van der Waals surface area contributed by atoms with Crippen molar-refractivity contribution in [2.45, 2.75) is 57.2 Å². The molecule has 2 aliphatic rings. The number of imidazole rings is 1. The average Bonchev–Trinajstić information content (AvgIpc) is 3.33. The van der Waals surface area contributed by atoms with Crippen LogP contribution in [-0.2, 0) is 10.3 Å². The molecule has 0 unspecified atom stereocenters. The molecule has 0 saturated carbocycles. The second-order valence-corrected chi connectivity index (χ2v) is 9.95. The summed E-state index contributed by atoms with van der Waals surface area (Å²) in [5.74, 6) is 0.480. The fourth-order valence-electron chi connectivity index (χ4n) is 5.33. The van der Waals surface area contributed by atoms with Crippen LogP contribution < -0.4 is 10.1 Å². The first-order valence-electron chi connectivity index (χ1n) is 12.0. The van der Waals surface area contributed by atoms with Crippen LogP contribution in [0.15, 0.2) is 48.8 Å². The summed E-state index contributed by atoms with van der Waals surface area (Å²) < 4.78 is 77.6. The molecular formula is C26H22F5N5O3. The van der Waals surface area contributed by atoms with Crippen molar-refractivity contribution in [3.63, 3.8) is 0 Å². The van der Waals surface area contributed by atoms with Crippen molar-refractivity contribution in [1.29, 1.82) is 0 Å². The summed E-state index contributed by atoms with van der Waals surface area (Å²) >= 11 is 0. The molecule has 0 fully saturated rings. The third-order valence-electron chi connectivity index (χ3n) is 6.87. The second-order valence-electron chi connectivity index (χ2n) is 9.95. The zero-order valence-electron chi connectivity index (χ0n) is 20.6. The minimum atomic E-state index is -4.98. The van der Waals surface area contributed by atoms with E-state index in [1.54, 1.807) is 38.4 Å². The molecule has 4 heterocycles. The van der Waals surface area contributed by atoms with Crippen molar-refractivity contribution in [2.24, 2.45) is 0 Å². The first-order chi connectivity index (χ1) is 18.4. The van der Waals surface area contributed by atoms with Gasteiger partial charge >= 0.3 is 13.0 Å². The van der Waals surface area contributed by atoms with E-state index in [4.69, 9.17) is 4.74 Å². The number of aromatic nitrogens is 4. The van der Waals surface area contributed by atoms with Gasteiger partial charge in [-0.1, -0.05) is 18.2 Å². The van der Waals surface area contributed by atoms with Gasteiger partial charge in [0.05, 0.1) is 23.1 Å². The van der Waals surface area contributed by atoms with Gasteiger partial charge in [-0.3, -0.25) is 10.1 Å². The highest BCUT2D eigenvalue weighted by Gasteiger charge is 2.45. The number of nitrogens with zero attached hydrogens (tertiary/aromatic N) is 4. The van der Waals surface area contributed by atoms with Gasteiger partial charge < -0.3 is 14.4 Å². The van der Waals surface area contributed by atoms with Gasteiger partial charge in [0.2, 0.25) is 0 Å². The minimum Gasteiger partial charge on any atom is -0.434 e. The standard InChI is InChI=1S/C26H22F5N5O3/c1-25(2,37)23-32-10-13(11-33-23)12-6-7-15-17(8-12)36-18-9-16(21(36)34-15)35-22(39-26(29,30)31)14-4-3-5-19(20(14)18)38-24(27)28/h3-8,10-11,16,18,22,24,35,37H,9H2,1-2H3/t16-,18-,22-/m1/s1. The lowest BCUT2D eigenvalue weighted by molar-refractivity contribution is -0.349. The summed E-state index contributed by atoms with van der Waals surface area (Å²) in [7, 11) is 0. The Kier molecular flexibility index (Phi) is 5.86. The molecule has 13 heteroatoms. The molecule has 3 atom stereocenters. The number of ether oxygens (including phenoxy) is 2. The van der Waals surface area contributed by atoms with E-state index in [1.807, 2.05) is 10.6 Å². The zero-order chi connectivity index (χ0) is 27.7. The fraction of sp³-hybridized carbons (Fsp3) is 0.346. The number of fused-ring (bicyclic) bond motifs is 9. The number of alkyl halides is 5. The normalized spacial score (nSPS) is 20.7. The maximum Gasteiger partial charge on any atom is 0.524 e. The Morgan fingerprint density at radius 3 is 2.49 bits per heavy atom. The highest BCUT2D eigenvalue weighted by molar-refractivity contribution is 5.83. The highest BCUT2D eigenvalue weighted by atomic mass is 19.4. The van der Waals surface area contributed by atoms with Crippen molar-refractivity contribution in [1.82, 2.24) is 24.8 Å². The molecule has 204 valence electrons. The van der Waals surface area contributed by atoms with E-state index in [0.29, 0.717) is 22.4 Å². The van der Waals surface area contributed by atoms with Crippen molar-refractivity contribution < 1.29 is 36.5 Å². The topological polar surface area (TPSA) is 94.3 Å². The number of benzene rings is 2. The number of rotatable bonds is 5. The number of nitrogens with one attached hydrogen (secondary N) is 1. The summed E-state index contributed by atoms with van der Waals surface area (Å²) in [5, 5.41) is 13.0. The molecule has 2 aliphatic heterocycles. The first kappa shape index (κ1) is 25.6. The summed E-state index contributed by atoms with van der Waals surface area (Å²) in [6.07, 6.45) is -3.21. The lowest BCUT2D eigenvalue weighted by atomic mass is 9.97. The van der Waals surface area contributed by atoms with E-state index in [2.05, 4.69) is 25.0 Å². The van der Waals surface area contributed by atoms with E-state index in [0.717, 1.165) is 5.56 Å². The van der Waals surface area contributed by atoms with Gasteiger partial charge in [0.1, 0.15) is 23.4 Å². The number of aliphatic hydroxyl groups is 1. The number of hydrogen-bond donors (Lipinski definition) is 2. The first-order valence-corrected chi connectivity index (χ1v) is 12.0. The molecular weight excluding hydrogens is 525 g/mol. The van der Waals surface area contributed by atoms with Crippen molar-refractivity contribution in [2.75, 3.05) is 0 Å². The SMILES string of the molecule is CC(C)(O)c1ncc(-c2ccc3nc4n(c3c2)[C@@H]2C[C@H]4N[C@H](OC(F)(F)F)c3cccc(OC(F)F)c32)cn1. The Balaban J connectivity index is 1.49. The highest BCUT2D eigenvalue weighted by Crippen LogP contribution is 2.50. The third-order valence-corrected chi connectivity index (χ3v) is 6.87. The van der Waals surface area contributed by atoms with Gasteiger partial charge in [0.15, 0.2) is 5.82 Å². The van der Waals surface area contributed by atoms with E-state index >= 15 is 0 Å². The molecule has 0 amide bonds. The fourth-order valence-corrected chi connectivity index (χ4v) is 5.33. The predicted octanol–water partition coefficient (Wildman–Crippen LogP) is 5.49. The molecule has 0 spiro atoms. The van der Waals surface area contributed by atoms with Gasteiger partial charge in [-0.05, 0) is 44.0 Å². The Bertz CT molecular complexity index is 1550. The Labute approximate surface area is 218 Å². The van der Waals surface area contributed by atoms with Crippen molar-refractivity contribution in [3.05, 3.63) is 71.6 Å². The Hall–Kier alpha value is -3.68. The van der Waals surface area contributed by atoms with Crippen LogP contribution in [0.25, 0.3) is 22.2 Å². The number of halogens is 5. The minimum absolute atomic E-state index is 0.0530. The molecule has 0 saturated heterocycles. The van der Waals surface area contributed by atoms with Gasteiger partial charge in [-0.25, -0.2) is 15.0 Å². The van der Waals surface area contributed by atoms with E-state index < -0.39 is 36.9 Å². The smallest absolute Gasteiger partial charge is 0.434 e. The van der Waals surface area contributed by atoms with Crippen LogP contribution >= 0.6 is 0 Å². The van der Waals surface area contributed by atoms with Crippen molar-refractivity contribution >= 4 is 11.0 Å². The predicted molar refractivity (Wildman–Crippen MR) is 128 cm³/mol. The molecule has 2 aromatic carbocycles.